The van der Waals surface area contributed by atoms with Crippen molar-refractivity contribution in [1.82, 2.24) is 4.90 Å². The Balaban J connectivity index is 1.44. The number of para-hydroxylation sites is 1. The van der Waals surface area contributed by atoms with Gasteiger partial charge in [0, 0.05) is 22.5 Å². The Morgan fingerprint density at radius 1 is 1.33 bits per heavy atom. The molecule has 2 aliphatic heterocycles. The maximum atomic E-state index is 11.2. The molecule has 2 aromatic rings. The third kappa shape index (κ3) is 4.09. The van der Waals surface area contributed by atoms with Gasteiger partial charge in [0.05, 0.1) is 5.92 Å². The maximum absolute atomic E-state index is 11.2. The van der Waals surface area contributed by atoms with Gasteiger partial charge in [-0.15, -0.1) is 11.3 Å². The molecule has 5 heteroatoms. The molecule has 0 aliphatic carbocycles. The van der Waals surface area contributed by atoms with Crippen molar-refractivity contribution in [2.75, 3.05) is 19.6 Å². The van der Waals surface area contributed by atoms with Crippen molar-refractivity contribution in [3.63, 3.8) is 0 Å². The zero-order valence-electron chi connectivity index (χ0n) is 15.4. The van der Waals surface area contributed by atoms with Crippen LogP contribution in [-0.4, -0.2) is 35.6 Å². The van der Waals surface area contributed by atoms with Gasteiger partial charge in [-0.05, 0) is 61.9 Å². The molecule has 1 unspecified atom stereocenters. The fourth-order valence-corrected chi connectivity index (χ4v) is 4.97. The number of thiophene rings is 1. The second-order valence-electron chi connectivity index (χ2n) is 7.30. The Kier molecular flexibility index (Phi) is 5.60. The van der Waals surface area contributed by atoms with Gasteiger partial charge in [-0.25, -0.2) is 0 Å². The van der Waals surface area contributed by atoms with E-state index in [1.54, 1.807) is 11.3 Å². The number of rotatable bonds is 5. The first-order chi connectivity index (χ1) is 13.2. The van der Waals surface area contributed by atoms with Crippen LogP contribution in [0.2, 0.25) is 0 Å². The number of benzene rings is 1. The number of allylic oxidation sites excluding steroid dienone is 1. The SMILES string of the molecule is O=C(O)C1CCCN(CCC/C=C2\c3ccccc3OCc3ccsc32)C1. The number of hydrogen-bond acceptors (Lipinski definition) is 4. The Morgan fingerprint density at radius 3 is 3.11 bits per heavy atom. The summed E-state index contributed by atoms with van der Waals surface area (Å²) in [6.45, 7) is 3.30. The van der Waals surface area contributed by atoms with E-state index in [0.29, 0.717) is 13.2 Å². The lowest BCUT2D eigenvalue weighted by Gasteiger charge is -2.30. The first kappa shape index (κ1) is 18.3. The first-order valence-corrected chi connectivity index (χ1v) is 10.5. The number of piperidine rings is 1. The highest BCUT2D eigenvalue weighted by atomic mass is 32.1. The predicted molar refractivity (Wildman–Crippen MR) is 108 cm³/mol. The zero-order valence-corrected chi connectivity index (χ0v) is 16.2. The minimum absolute atomic E-state index is 0.198. The van der Waals surface area contributed by atoms with E-state index in [9.17, 15) is 9.90 Å². The third-order valence-corrected chi connectivity index (χ3v) is 6.42. The molecule has 0 bridgehead atoms. The van der Waals surface area contributed by atoms with Crippen LogP contribution >= 0.6 is 11.3 Å². The predicted octanol–water partition coefficient (Wildman–Crippen LogP) is 4.65. The molecule has 1 fully saturated rings. The van der Waals surface area contributed by atoms with Crippen LogP contribution in [0.5, 0.6) is 5.75 Å². The maximum Gasteiger partial charge on any atom is 0.307 e. The highest BCUT2D eigenvalue weighted by Crippen LogP contribution is 2.39. The number of carbonyl (C=O) groups is 1. The van der Waals surface area contributed by atoms with Gasteiger partial charge < -0.3 is 14.7 Å². The van der Waals surface area contributed by atoms with Gasteiger partial charge in [-0.2, -0.15) is 0 Å². The minimum Gasteiger partial charge on any atom is -0.488 e. The van der Waals surface area contributed by atoms with E-state index in [1.807, 2.05) is 12.1 Å². The van der Waals surface area contributed by atoms with Crippen molar-refractivity contribution in [3.8, 4) is 5.75 Å². The topological polar surface area (TPSA) is 49.8 Å². The van der Waals surface area contributed by atoms with Crippen LogP contribution in [0.1, 0.15) is 41.7 Å². The third-order valence-electron chi connectivity index (χ3n) is 5.43. The number of unbranched alkanes of at least 4 members (excludes halogenated alkanes) is 1. The van der Waals surface area contributed by atoms with Gasteiger partial charge in [0.2, 0.25) is 0 Å². The Labute approximate surface area is 164 Å². The molecule has 1 atom stereocenters. The second kappa shape index (κ2) is 8.28. The van der Waals surface area contributed by atoms with E-state index in [4.69, 9.17) is 4.74 Å². The smallest absolute Gasteiger partial charge is 0.307 e. The van der Waals surface area contributed by atoms with Crippen LogP contribution in [0.15, 0.2) is 41.8 Å². The number of aliphatic carboxylic acids is 1. The summed E-state index contributed by atoms with van der Waals surface area (Å²) in [4.78, 5) is 14.8. The van der Waals surface area contributed by atoms with Crippen LogP contribution in [0.4, 0.5) is 0 Å². The molecule has 3 heterocycles. The molecule has 0 spiro atoms. The summed E-state index contributed by atoms with van der Waals surface area (Å²) in [5.74, 6) is 0.103. The van der Waals surface area contributed by atoms with Crippen molar-refractivity contribution in [1.29, 1.82) is 0 Å². The van der Waals surface area contributed by atoms with E-state index in [-0.39, 0.29) is 5.92 Å². The van der Waals surface area contributed by atoms with E-state index in [1.165, 1.54) is 21.6 Å². The molecule has 1 aromatic carbocycles. The number of ether oxygens (including phenoxy) is 1. The van der Waals surface area contributed by atoms with Gasteiger partial charge in [-0.1, -0.05) is 24.3 Å². The molecule has 4 rings (SSSR count). The number of fused-ring (bicyclic) bond motifs is 2. The summed E-state index contributed by atoms with van der Waals surface area (Å²) < 4.78 is 6.00. The largest absolute Gasteiger partial charge is 0.488 e. The fraction of sp³-hybridized carbons (Fsp3) is 0.409. The average Bonchev–Trinajstić information content (AvgIpc) is 3.10. The standard InChI is InChI=1S/C22H25NO3S/c24-22(25)16-6-5-12-23(14-16)11-4-3-8-19-18-7-1-2-9-20(18)26-15-17-10-13-27-21(17)19/h1-2,7-10,13,16H,3-6,11-12,14-15H2,(H,24,25)/b19-8+. The quantitative estimate of drug-likeness (QED) is 0.764. The number of nitrogens with zero attached hydrogens (tertiary/aromatic N) is 1. The van der Waals surface area contributed by atoms with Gasteiger partial charge in [0.1, 0.15) is 12.4 Å². The molecule has 142 valence electrons. The molecule has 0 radical (unpaired) electrons. The van der Waals surface area contributed by atoms with Crippen molar-refractivity contribution in [2.24, 2.45) is 5.92 Å². The van der Waals surface area contributed by atoms with Crippen LogP contribution in [0.25, 0.3) is 5.57 Å². The molecule has 1 saturated heterocycles. The van der Waals surface area contributed by atoms with Crippen LogP contribution in [-0.2, 0) is 11.4 Å². The minimum atomic E-state index is -0.651. The number of hydrogen-bond donors (Lipinski definition) is 1. The van der Waals surface area contributed by atoms with E-state index >= 15 is 0 Å². The molecule has 0 amide bonds. The lowest BCUT2D eigenvalue weighted by molar-refractivity contribution is -0.143. The fourth-order valence-electron chi connectivity index (χ4n) is 4.00. The van der Waals surface area contributed by atoms with Gasteiger partial charge in [-0.3, -0.25) is 4.79 Å². The molecular weight excluding hydrogens is 358 g/mol. The molecular formula is C22H25NO3S. The van der Waals surface area contributed by atoms with Crippen molar-refractivity contribution in [3.05, 3.63) is 57.8 Å². The van der Waals surface area contributed by atoms with Crippen LogP contribution < -0.4 is 4.74 Å². The average molecular weight is 384 g/mol. The first-order valence-electron chi connectivity index (χ1n) is 9.66. The molecule has 1 N–H and O–H groups in total. The summed E-state index contributed by atoms with van der Waals surface area (Å²) in [7, 11) is 0. The summed E-state index contributed by atoms with van der Waals surface area (Å²) in [6, 6.07) is 10.4. The lowest BCUT2D eigenvalue weighted by Crippen LogP contribution is -2.39. The highest BCUT2D eigenvalue weighted by molar-refractivity contribution is 7.11. The van der Waals surface area contributed by atoms with Gasteiger partial charge in [0.25, 0.3) is 0 Å². The second-order valence-corrected chi connectivity index (χ2v) is 8.21. The molecule has 0 saturated carbocycles. The molecule has 1 aromatic heterocycles. The number of carboxylic acid groups (broad SMARTS) is 1. The Morgan fingerprint density at radius 2 is 2.22 bits per heavy atom. The summed E-state index contributed by atoms with van der Waals surface area (Å²) in [5, 5.41) is 11.4. The highest BCUT2D eigenvalue weighted by Gasteiger charge is 2.25. The van der Waals surface area contributed by atoms with Crippen LogP contribution in [0, 0.1) is 5.92 Å². The van der Waals surface area contributed by atoms with E-state index in [2.05, 4.69) is 34.6 Å². The molecule has 4 nitrogen and oxygen atoms in total. The normalized spacial score (nSPS) is 21.2. The number of carboxylic acids is 1. The van der Waals surface area contributed by atoms with Crippen molar-refractivity contribution >= 4 is 22.9 Å². The zero-order chi connectivity index (χ0) is 18.6. The summed E-state index contributed by atoms with van der Waals surface area (Å²) >= 11 is 1.78. The molecule has 27 heavy (non-hydrogen) atoms. The molecule has 2 aliphatic rings. The van der Waals surface area contributed by atoms with Crippen molar-refractivity contribution in [2.45, 2.75) is 32.3 Å². The van der Waals surface area contributed by atoms with Crippen molar-refractivity contribution < 1.29 is 14.6 Å². The Hall–Kier alpha value is -2.11. The van der Waals surface area contributed by atoms with Gasteiger partial charge in [0.15, 0.2) is 0 Å². The Bertz CT molecular complexity index is 842. The monoisotopic (exact) mass is 383 g/mol. The summed E-state index contributed by atoms with van der Waals surface area (Å²) in [6.07, 6.45) is 6.16. The van der Waals surface area contributed by atoms with Gasteiger partial charge >= 0.3 is 5.97 Å². The van der Waals surface area contributed by atoms with E-state index in [0.717, 1.165) is 44.5 Å². The van der Waals surface area contributed by atoms with E-state index < -0.39 is 5.97 Å². The summed E-state index contributed by atoms with van der Waals surface area (Å²) in [5.41, 5.74) is 3.69. The number of likely N-dealkylation sites (tertiary alicyclic amines) is 1. The lowest BCUT2D eigenvalue weighted by atomic mass is 9.97. The van der Waals surface area contributed by atoms with Crippen LogP contribution in [0.3, 0.4) is 0 Å².